The summed E-state index contributed by atoms with van der Waals surface area (Å²) in [7, 11) is 1.66. The van der Waals surface area contributed by atoms with Crippen LogP contribution in [0.25, 0.3) is 50.3 Å². The number of hydrogen-bond donors (Lipinski definition) is 2. The van der Waals surface area contributed by atoms with Gasteiger partial charge in [0.2, 0.25) is 0 Å². The van der Waals surface area contributed by atoms with Crippen LogP contribution >= 0.6 is 0 Å². The third-order valence-corrected chi connectivity index (χ3v) is 7.85. The number of nitrogens with two attached hydrogens (primary N) is 1. The van der Waals surface area contributed by atoms with Gasteiger partial charge >= 0.3 is 0 Å². The van der Waals surface area contributed by atoms with Crippen molar-refractivity contribution in [2.45, 2.75) is 30.9 Å². The number of fused-ring (bicyclic) bond motifs is 3. The summed E-state index contributed by atoms with van der Waals surface area (Å²) in [5.41, 5.74) is 13.6. The van der Waals surface area contributed by atoms with Crippen LogP contribution in [0.1, 0.15) is 25.3 Å². The van der Waals surface area contributed by atoms with Crippen LogP contribution in [0.4, 0.5) is 0 Å². The Morgan fingerprint density at radius 2 is 1.57 bits per heavy atom. The van der Waals surface area contributed by atoms with Gasteiger partial charge in [0.05, 0.1) is 24.1 Å². The van der Waals surface area contributed by atoms with Crippen LogP contribution in [0.3, 0.4) is 0 Å². The summed E-state index contributed by atoms with van der Waals surface area (Å²) in [6.07, 6.45) is 2.95. The predicted octanol–water partition coefficient (Wildman–Crippen LogP) is 5.99. The molecular formula is C33H29N5O2. The molecule has 1 fully saturated rings. The zero-order valence-corrected chi connectivity index (χ0v) is 22.4. The van der Waals surface area contributed by atoms with Gasteiger partial charge in [-0.3, -0.25) is 0 Å². The van der Waals surface area contributed by atoms with Gasteiger partial charge in [-0.1, -0.05) is 54.6 Å². The lowest BCUT2D eigenvalue weighted by Crippen LogP contribution is -2.58. The SMILES string of the molecule is COc1ccc(-c2cc3ncc4cc(-c5ccccc5)c(-c5ccc([C@]6(N)C[C@](C)(O)C6)cc5)nc4n3n2)cc1. The first-order valence-corrected chi connectivity index (χ1v) is 13.3. The van der Waals surface area contributed by atoms with Crippen LogP contribution in [0, 0.1) is 0 Å². The highest BCUT2D eigenvalue weighted by atomic mass is 16.5. The molecule has 3 aromatic heterocycles. The van der Waals surface area contributed by atoms with Crippen molar-refractivity contribution in [3.05, 3.63) is 103 Å². The first-order valence-electron chi connectivity index (χ1n) is 13.3. The molecular weight excluding hydrogens is 498 g/mol. The second-order valence-corrected chi connectivity index (χ2v) is 11.0. The summed E-state index contributed by atoms with van der Waals surface area (Å²) in [6, 6.07) is 30.4. The summed E-state index contributed by atoms with van der Waals surface area (Å²) in [5.74, 6) is 0.796. The Labute approximate surface area is 231 Å². The van der Waals surface area contributed by atoms with Crippen LogP contribution < -0.4 is 10.5 Å². The molecule has 0 amide bonds. The molecule has 0 unspecified atom stereocenters. The van der Waals surface area contributed by atoms with E-state index in [2.05, 4.69) is 42.5 Å². The Morgan fingerprint density at radius 3 is 2.25 bits per heavy atom. The molecule has 1 aliphatic carbocycles. The van der Waals surface area contributed by atoms with E-state index in [1.54, 1.807) is 7.11 Å². The van der Waals surface area contributed by atoms with Gasteiger partial charge in [0.15, 0.2) is 11.3 Å². The van der Waals surface area contributed by atoms with Gasteiger partial charge in [0, 0.05) is 39.9 Å². The molecule has 3 heterocycles. The number of hydrogen-bond acceptors (Lipinski definition) is 6. The number of aromatic nitrogens is 4. The molecule has 3 aromatic carbocycles. The Bertz CT molecular complexity index is 1850. The van der Waals surface area contributed by atoms with Gasteiger partial charge in [-0.15, -0.1) is 0 Å². The standard InChI is InChI=1S/C33H29N5O2/c1-32(39)19-33(34,20-32)25-12-8-23(9-13-25)30-27(21-6-4-3-5-7-21)16-24-18-35-29-17-28(37-38(29)31(24)36-30)22-10-14-26(40-2)15-11-22/h3-18,39H,19-20,34H2,1-2H3/t32-,33-. The Morgan fingerprint density at radius 1 is 0.875 bits per heavy atom. The largest absolute Gasteiger partial charge is 0.497 e. The van der Waals surface area contributed by atoms with Crippen molar-refractivity contribution in [2.75, 3.05) is 7.11 Å². The minimum absolute atomic E-state index is 0.508. The fraction of sp³-hybridized carbons (Fsp3) is 0.182. The van der Waals surface area contributed by atoms with E-state index < -0.39 is 11.1 Å². The van der Waals surface area contributed by atoms with Crippen LogP contribution in [0.15, 0.2) is 97.2 Å². The lowest BCUT2D eigenvalue weighted by atomic mass is 9.63. The number of benzene rings is 3. The third-order valence-electron chi connectivity index (χ3n) is 7.85. The maximum atomic E-state index is 10.3. The topological polar surface area (TPSA) is 98.6 Å². The van der Waals surface area contributed by atoms with Crippen LogP contribution in [0.5, 0.6) is 5.75 Å². The van der Waals surface area contributed by atoms with Gasteiger partial charge in [-0.05, 0) is 61.2 Å². The molecule has 0 atom stereocenters. The normalized spacial score (nSPS) is 20.5. The number of rotatable bonds is 5. The molecule has 7 nitrogen and oxygen atoms in total. The molecule has 0 spiro atoms. The van der Waals surface area contributed by atoms with Gasteiger partial charge in [-0.2, -0.15) is 9.61 Å². The van der Waals surface area contributed by atoms with Crippen molar-refractivity contribution < 1.29 is 9.84 Å². The number of ether oxygens (including phenoxy) is 1. The Kier molecular flexibility index (Phi) is 5.49. The summed E-state index contributed by atoms with van der Waals surface area (Å²) >= 11 is 0. The van der Waals surface area contributed by atoms with E-state index in [9.17, 15) is 5.11 Å². The lowest BCUT2D eigenvalue weighted by molar-refractivity contribution is -0.0738. The second kappa shape index (κ2) is 8.98. The van der Waals surface area contributed by atoms with Crippen molar-refractivity contribution in [1.82, 2.24) is 19.6 Å². The summed E-state index contributed by atoms with van der Waals surface area (Å²) in [4.78, 5) is 9.90. The van der Waals surface area contributed by atoms with E-state index in [-0.39, 0.29) is 0 Å². The highest BCUT2D eigenvalue weighted by Gasteiger charge is 2.49. The quantitative estimate of drug-likeness (QED) is 0.286. The maximum Gasteiger partial charge on any atom is 0.165 e. The molecule has 3 N–H and O–H groups in total. The number of methoxy groups -OCH3 is 1. The fourth-order valence-electron chi connectivity index (χ4n) is 5.97. The smallest absolute Gasteiger partial charge is 0.165 e. The molecule has 7 heteroatoms. The molecule has 198 valence electrons. The fourth-order valence-corrected chi connectivity index (χ4v) is 5.97. The van der Waals surface area contributed by atoms with Gasteiger partial charge in [-0.25, -0.2) is 9.97 Å². The lowest BCUT2D eigenvalue weighted by Gasteiger charge is -2.49. The zero-order valence-electron chi connectivity index (χ0n) is 22.4. The molecule has 0 saturated heterocycles. The van der Waals surface area contributed by atoms with E-state index in [1.807, 2.05) is 66.2 Å². The van der Waals surface area contributed by atoms with Crippen LogP contribution in [-0.2, 0) is 5.54 Å². The van der Waals surface area contributed by atoms with Crippen molar-refractivity contribution in [3.63, 3.8) is 0 Å². The van der Waals surface area contributed by atoms with Crippen molar-refractivity contribution in [1.29, 1.82) is 0 Å². The van der Waals surface area contributed by atoms with E-state index in [4.69, 9.17) is 25.5 Å². The highest BCUT2D eigenvalue weighted by Crippen LogP contribution is 2.46. The minimum Gasteiger partial charge on any atom is -0.497 e. The molecule has 6 aromatic rings. The summed E-state index contributed by atoms with van der Waals surface area (Å²) in [5, 5.41) is 16.1. The number of nitrogens with zero attached hydrogens (tertiary/aromatic N) is 4. The minimum atomic E-state index is -0.707. The van der Waals surface area contributed by atoms with Gasteiger partial charge < -0.3 is 15.6 Å². The van der Waals surface area contributed by atoms with E-state index in [0.717, 1.165) is 61.6 Å². The van der Waals surface area contributed by atoms with Crippen LogP contribution in [0.2, 0.25) is 0 Å². The summed E-state index contributed by atoms with van der Waals surface area (Å²) in [6.45, 7) is 1.84. The molecule has 0 bridgehead atoms. The van der Waals surface area contributed by atoms with E-state index in [1.165, 1.54) is 0 Å². The third kappa shape index (κ3) is 4.11. The summed E-state index contributed by atoms with van der Waals surface area (Å²) < 4.78 is 7.12. The first kappa shape index (κ1) is 24.5. The number of pyridine rings is 1. The Hall–Kier alpha value is -4.59. The van der Waals surface area contributed by atoms with E-state index >= 15 is 0 Å². The van der Waals surface area contributed by atoms with Crippen LogP contribution in [-0.4, -0.2) is 37.4 Å². The average Bonchev–Trinajstić information content (AvgIpc) is 3.41. The number of aliphatic hydroxyl groups is 1. The zero-order chi connectivity index (χ0) is 27.5. The van der Waals surface area contributed by atoms with E-state index in [0.29, 0.717) is 12.8 Å². The predicted molar refractivity (Wildman–Crippen MR) is 157 cm³/mol. The molecule has 0 aliphatic heterocycles. The first-order chi connectivity index (χ1) is 19.3. The van der Waals surface area contributed by atoms with Crippen molar-refractivity contribution in [2.24, 2.45) is 5.73 Å². The van der Waals surface area contributed by atoms with Gasteiger partial charge in [0.1, 0.15) is 5.75 Å². The molecule has 1 saturated carbocycles. The Balaban J connectivity index is 1.37. The maximum absolute atomic E-state index is 10.3. The molecule has 7 rings (SSSR count). The van der Waals surface area contributed by atoms with Gasteiger partial charge in [0.25, 0.3) is 0 Å². The molecule has 1 aliphatic rings. The average molecular weight is 528 g/mol. The molecule has 0 radical (unpaired) electrons. The molecule has 40 heavy (non-hydrogen) atoms. The van der Waals surface area contributed by atoms with Crippen molar-refractivity contribution >= 4 is 16.7 Å². The monoisotopic (exact) mass is 527 g/mol. The second-order valence-electron chi connectivity index (χ2n) is 11.0. The van der Waals surface area contributed by atoms with Crippen molar-refractivity contribution in [3.8, 4) is 39.4 Å². The highest BCUT2D eigenvalue weighted by molar-refractivity contribution is 5.91.